The van der Waals surface area contributed by atoms with E-state index >= 15 is 0 Å². The Morgan fingerprint density at radius 3 is 2.67 bits per heavy atom. The van der Waals surface area contributed by atoms with Gasteiger partial charge in [-0.2, -0.15) is 8.78 Å². The van der Waals surface area contributed by atoms with Gasteiger partial charge in [0, 0.05) is 18.2 Å². The smallest absolute Gasteiger partial charge is 0.387 e. The monoisotopic (exact) mass is 255 g/mol. The summed E-state index contributed by atoms with van der Waals surface area (Å²) in [6.07, 6.45) is 2.20. The average molecular weight is 255 g/mol. The summed E-state index contributed by atoms with van der Waals surface area (Å²) >= 11 is 0. The van der Waals surface area contributed by atoms with Crippen LogP contribution in [0.15, 0.2) is 18.2 Å². The first-order chi connectivity index (χ1) is 8.65. The molecule has 1 aliphatic rings. The molecule has 1 aromatic carbocycles. The van der Waals surface area contributed by atoms with Crippen molar-refractivity contribution in [1.82, 2.24) is 0 Å². The molecule has 0 amide bonds. The highest BCUT2D eigenvalue weighted by Gasteiger charge is 2.28. The fraction of sp³-hybridized carbons (Fsp3) is 0.571. The van der Waals surface area contributed by atoms with Gasteiger partial charge in [0.2, 0.25) is 0 Å². The molecule has 0 fully saturated rings. The van der Waals surface area contributed by atoms with E-state index < -0.39 is 6.61 Å². The van der Waals surface area contributed by atoms with Crippen LogP contribution in [0.4, 0.5) is 14.5 Å². The number of hydrogen-bond acceptors (Lipinski definition) is 2. The van der Waals surface area contributed by atoms with Crippen molar-refractivity contribution in [2.45, 2.75) is 39.2 Å². The summed E-state index contributed by atoms with van der Waals surface area (Å²) in [5, 5.41) is 3.34. The van der Waals surface area contributed by atoms with Gasteiger partial charge in [0.15, 0.2) is 0 Å². The lowest BCUT2D eigenvalue weighted by molar-refractivity contribution is -0.0498. The number of ether oxygens (including phenoxy) is 1. The Bertz CT molecular complexity index is 405. The van der Waals surface area contributed by atoms with Crippen LogP contribution in [0.25, 0.3) is 0 Å². The lowest BCUT2D eigenvalue weighted by Crippen LogP contribution is -2.13. The summed E-state index contributed by atoms with van der Waals surface area (Å²) < 4.78 is 28.9. The maximum Gasteiger partial charge on any atom is 0.387 e. The van der Waals surface area contributed by atoms with Crippen molar-refractivity contribution in [3.05, 3.63) is 23.8 Å². The molecular formula is C14H19F2NO. The van der Waals surface area contributed by atoms with Gasteiger partial charge in [-0.3, -0.25) is 0 Å². The maximum atomic E-state index is 12.2. The molecule has 0 bridgehead atoms. The van der Waals surface area contributed by atoms with Crippen molar-refractivity contribution < 1.29 is 13.5 Å². The van der Waals surface area contributed by atoms with E-state index in [9.17, 15) is 8.78 Å². The molecule has 1 atom stereocenters. The molecule has 1 heterocycles. The zero-order valence-electron chi connectivity index (χ0n) is 10.7. The lowest BCUT2D eigenvalue weighted by atomic mass is 9.84. The Balaban J connectivity index is 2.24. The molecular weight excluding hydrogens is 236 g/mol. The summed E-state index contributed by atoms with van der Waals surface area (Å²) in [4.78, 5) is 0. The number of rotatable bonds is 5. The number of halogens is 2. The normalized spacial score (nSPS) is 18.0. The van der Waals surface area contributed by atoms with Crippen LogP contribution in [-0.2, 0) is 0 Å². The standard InChI is InChI=1S/C14H19F2NO/c1-3-9(4-2)12-8-17-13-6-5-10(7-11(12)13)18-14(15)16/h5-7,9,12,14,17H,3-4,8H2,1-2H3. The quantitative estimate of drug-likeness (QED) is 0.850. The molecule has 1 aromatic rings. The molecule has 2 nitrogen and oxygen atoms in total. The molecule has 0 aliphatic carbocycles. The van der Waals surface area contributed by atoms with E-state index in [1.807, 2.05) is 6.07 Å². The van der Waals surface area contributed by atoms with Gasteiger partial charge in [0.05, 0.1) is 0 Å². The Morgan fingerprint density at radius 2 is 2.06 bits per heavy atom. The highest BCUT2D eigenvalue weighted by atomic mass is 19.3. The molecule has 0 aromatic heterocycles. The van der Waals surface area contributed by atoms with Crippen molar-refractivity contribution in [2.75, 3.05) is 11.9 Å². The van der Waals surface area contributed by atoms with Crippen LogP contribution < -0.4 is 10.1 Å². The Labute approximate surface area is 106 Å². The summed E-state index contributed by atoms with van der Waals surface area (Å²) in [6, 6.07) is 5.17. The molecule has 1 aliphatic heterocycles. The van der Waals surface area contributed by atoms with E-state index in [4.69, 9.17) is 0 Å². The number of nitrogens with one attached hydrogen (secondary N) is 1. The minimum Gasteiger partial charge on any atom is -0.435 e. The van der Waals surface area contributed by atoms with Crippen molar-refractivity contribution in [1.29, 1.82) is 0 Å². The molecule has 0 spiro atoms. The average Bonchev–Trinajstić information content (AvgIpc) is 2.74. The SMILES string of the molecule is CCC(CC)C1CNc2ccc(OC(F)F)cc21. The van der Waals surface area contributed by atoms with E-state index in [0.29, 0.717) is 11.8 Å². The Morgan fingerprint density at radius 1 is 1.33 bits per heavy atom. The van der Waals surface area contributed by atoms with Crippen LogP contribution in [0.1, 0.15) is 38.2 Å². The zero-order valence-corrected chi connectivity index (χ0v) is 10.7. The fourth-order valence-electron chi connectivity index (χ4n) is 2.79. The molecule has 100 valence electrons. The second-order valence-electron chi connectivity index (χ2n) is 4.69. The van der Waals surface area contributed by atoms with Crippen molar-refractivity contribution in [2.24, 2.45) is 5.92 Å². The molecule has 18 heavy (non-hydrogen) atoms. The van der Waals surface area contributed by atoms with E-state index in [2.05, 4.69) is 23.9 Å². The highest BCUT2D eigenvalue weighted by Crippen LogP contribution is 2.40. The van der Waals surface area contributed by atoms with Crippen molar-refractivity contribution in [3.8, 4) is 5.75 Å². The van der Waals surface area contributed by atoms with Crippen LogP contribution in [0, 0.1) is 5.92 Å². The second-order valence-corrected chi connectivity index (χ2v) is 4.69. The Hall–Kier alpha value is -1.32. The molecule has 0 radical (unpaired) electrons. The fourth-order valence-corrected chi connectivity index (χ4v) is 2.79. The summed E-state index contributed by atoms with van der Waals surface area (Å²) in [6.45, 7) is 2.47. The van der Waals surface area contributed by atoms with Gasteiger partial charge in [-0.25, -0.2) is 0 Å². The molecule has 1 unspecified atom stereocenters. The third-order valence-corrected chi connectivity index (χ3v) is 3.78. The van der Waals surface area contributed by atoms with Crippen molar-refractivity contribution >= 4 is 5.69 Å². The van der Waals surface area contributed by atoms with Gasteiger partial charge in [-0.15, -0.1) is 0 Å². The van der Waals surface area contributed by atoms with Crippen LogP contribution >= 0.6 is 0 Å². The summed E-state index contributed by atoms with van der Waals surface area (Å²) in [5.41, 5.74) is 2.16. The van der Waals surface area contributed by atoms with Gasteiger partial charge in [0.25, 0.3) is 0 Å². The predicted octanol–water partition coefficient (Wildman–Crippen LogP) is 4.23. The number of fused-ring (bicyclic) bond motifs is 1. The first-order valence-corrected chi connectivity index (χ1v) is 6.48. The molecule has 0 saturated heterocycles. The van der Waals surface area contributed by atoms with Crippen LogP contribution in [0.5, 0.6) is 5.75 Å². The van der Waals surface area contributed by atoms with Crippen LogP contribution in [-0.4, -0.2) is 13.2 Å². The number of hydrogen-bond donors (Lipinski definition) is 1. The van der Waals surface area contributed by atoms with Gasteiger partial charge < -0.3 is 10.1 Å². The highest BCUT2D eigenvalue weighted by molar-refractivity contribution is 5.60. The Kier molecular flexibility index (Phi) is 4.04. The molecule has 4 heteroatoms. The molecule has 2 rings (SSSR count). The number of anilines is 1. The van der Waals surface area contributed by atoms with Gasteiger partial charge in [0.1, 0.15) is 5.75 Å². The van der Waals surface area contributed by atoms with E-state index in [0.717, 1.165) is 30.6 Å². The summed E-state index contributed by atoms with van der Waals surface area (Å²) in [7, 11) is 0. The third-order valence-electron chi connectivity index (χ3n) is 3.78. The minimum absolute atomic E-state index is 0.253. The lowest BCUT2D eigenvalue weighted by Gasteiger charge is -2.20. The third kappa shape index (κ3) is 2.57. The first kappa shape index (κ1) is 13.1. The van der Waals surface area contributed by atoms with Gasteiger partial charge in [-0.05, 0) is 29.7 Å². The zero-order chi connectivity index (χ0) is 13.1. The van der Waals surface area contributed by atoms with E-state index in [-0.39, 0.29) is 5.75 Å². The first-order valence-electron chi connectivity index (χ1n) is 6.48. The van der Waals surface area contributed by atoms with Gasteiger partial charge in [-0.1, -0.05) is 26.7 Å². The molecule has 0 saturated carbocycles. The van der Waals surface area contributed by atoms with E-state index in [1.165, 1.54) is 0 Å². The maximum absolute atomic E-state index is 12.2. The number of benzene rings is 1. The van der Waals surface area contributed by atoms with Crippen LogP contribution in [0.3, 0.4) is 0 Å². The van der Waals surface area contributed by atoms with Gasteiger partial charge >= 0.3 is 6.61 Å². The topological polar surface area (TPSA) is 21.3 Å². The second kappa shape index (κ2) is 5.55. The minimum atomic E-state index is -2.76. The predicted molar refractivity (Wildman–Crippen MR) is 68.4 cm³/mol. The number of alkyl halides is 2. The largest absolute Gasteiger partial charge is 0.435 e. The van der Waals surface area contributed by atoms with Crippen molar-refractivity contribution in [3.63, 3.8) is 0 Å². The summed E-state index contributed by atoms with van der Waals surface area (Å²) in [5.74, 6) is 1.24. The van der Waals surface area contributed by atoms with E-state index in [1.54, 1.807) is 12.1 Å². The van der Waals surface area contributed by atoms with Crippen LogP contribution in [0.2, 0.25) is 0 Å². The molecule has 1 N–H and O–H groups in total.